The number of aryl methyl sites for hydroxylation is 2. The van der Waals surface area contributed by atoms with Crippen LogP contribution in [0.4, 0.5) is 0 Å². The topological polar surface area (TPSA) is 50.9 Å². The molecule has 0 radical (unpaired) electrons. The number of rotatable bonds is 3. The molecule has 0 saturated heterocycles. The number of nitrogens with one attached hydrogen (secondary N) is 1. The average Bonchev–Trinajstić information content (AvgIpc) is 2.35. The molecular weight excluding hydrogens is 290 g/mol. The highest BCUT2D eigenvalue weighted by Gasteiger charge is 2.15. The first-order valence-electron chi connectivity index (χ1n) is 5.75. The van der Waals surface area contributed by atoms with E-state index in [1.54, 1.807) is 6.20 Å². The summed E-state index contributed by atoms with van der Waals surface area (Å²) in [5.74, 6) is 5.71. The maximum absolute atomic E-state index is 5.71. The first-order valence-corrected chi connectivity index (χ1v) is 6.55. The molecule has 0 aliphatic rings. The van der Waals surface area contributed by atoms with Gasteiger partial charge in [-0.1, -0.05) is 23.8 Å². The van der Waals surface area contributed by atoms with E-state index in [0.717, 1.165) is 10.0 Å². The van der Waals surface area contributed by atoms with Gasteiger partial charge >= 0.3 is 0 Å². The number of benzene rings is 1. The molecule has 1 aromatic carbocycles. The summed E-state index contributed by atoms with van der Waals surface area (Å²) in [6, 6.07) is 8.35. The molecule has 4 heteroatoms. The Morgan fingerprint density at radius 2 is 2.00 bits per heavy atom. The predicted octanol–water partition coefficient (Wildman–Crippen LogP) is 3.01. The van der Waals surface area contributed by atoms with Crippen molar-refractivity contribution in [3.8, 4) is 0 Å². The van der Waals surface area contributed by atoms with Crippen molar-refractivity contribution >= 4 is 15.9 Å². The number of nitrogens with two attached hydrogens (primary N) is 1. The second-order valence-electron chi connectivity index (χ2n) is 4.40. The van der Waals surface area contributed by atoms with Crippen molar-refractivity contribution in [1.82, 2.24) is 10.4 Å². The lowest BCUT2D eigenvalue weighted by Crippen LogP contribution is -2.29. The second-order valence-corrected chi connectivity index (χ2v) is 5.31. The number of nitrogens with zero attached hydrogens (tertiary/aromatic N) is 1. The van der Waals surface area contributed by atoms with Crippen LogP contribution in [0.3, 0.4) is 0 Å². The molecule has 1 atom stereocenters. The summed E-state index contributed by atoms with van der Waals surface area (Å²) in [5, 5.41) is 0. The Bertz CT molecular complexity index is 554. The van der Waals surface area contributed by atoms with Gasteiger partial charge in [0.05, 0.1) is 6.04 Å². The van der Waals surface area contributed by atoms with Crippen molar-refractivity contribution in [2.24, 2.45) is 5.84 Å². The second kappa shape index (κ2) is 5.61. The van der Waals surface area contributed by atoms with Gasteiger partial charge in [-0.15, -0.1) is 0 Å². The fourth-order valence-corrected chi connectivity index (χ4v) is 2.41. The van der Waals surface area contributed by atoms with Crippen LogP contribution in [0.25, 0.3) is 0 Å². The van der Waals surface area contributed by atoms with E-state index in [9.17, 15) is 0 Å². The van der Waals surface area contributed by atoms with Gasteiger partial charge in [0, 0.05) is 16.9 Å². The normalized spacial score (nSPS) is 12.4. The molecule has 0 saturated carbocycles. The quantitative estimate of drug-likeness (QED) is 0.677. The lowest BCUT2D eigenvalue weighted by molar-refractivity contribution is 0.631. The molecule has 0 aliphatic heterocycles. The van der Waals surface area contributed by atoms with Crippen molar-refractivity contribution in [1.29, 1.82) is 0 Å². The lowest BCUT2D eigenvalue weighted by atomic mass is 9.95. The minimum Gasteiger partial charge on any atom is -0.271 e. The Balaban J connectivity index is 2.48. The minimum absolute atomic E-state index is 0.0464. The SMILES string of the molecule is Cc1ccc(C)c(C(NN)c2cncc(Br)c2)c1. The Kier molecular flexibility index (Phi) is 4.11. The third-order valence-electron chi connectivity index (χ3n) is 2.97. The summed E-state index contributed by atoms with van der Waals surface area (Å²) >= 11 is 3.43. The van der Waals surface area contributed by atoms with Crippen LogP contribution in [0.5, 0.6) is 0 Å². The molecule has 2 aromatic rings. The van der Waals surface area contributed by atoms with Crippen LogP contribution in [0, 0.1) is 13.8 Å². The highest BCUT2D eigenvalue weighted by molar-refractivity contribution is 9.10. The first-order chi connectivity index (χ1) is 8.61. The molecule has 1 heterocycles. The van der Waals surface area contributed by atoms with E-state index in [1.807, 2.05) is 12.3 Å². The molecule has 1 aromatic heterocycles. The van der Waals surface area contributed by atoms with E-state index >= 15 is 0 Å². The number of pyridine rings is 1. The van der Waals surface area contributed by atoms with Crippen LogP contribution >= 0.6 is 15.9 Å². The minimum atomic E-state index is -0.0464. The van der Waals surface area contributed by atoms with Crippen LogP contribution in [0.2, 0.25) is 0 Å². The summed E-state index contributed by atoms with van der Waals surface area (Å²) in [6.07, 6.45) is 3.59. The highest BCUT2D eigenvalue weighted by atomic mass is 79.9. The molecule has 18 heavy (non-hydrogen) atoms. The molecule has 2 rings (SSSR count). The predicted molar refractivity (Wildman–Crippen MR) is 77.0 cm³/mol. The van der Waals surface area contributed by atoms with Crippen molar-refractivity contribution < 1.29 is 0 Å². The van der Waals surface area contributed by atoms with Crippen LogP contribution in [-0.2, 0) is 0 Å². The van der Waals surface area contributed by atoms with Gasteiger partial charge in [0.1, 0.15) is 0 Å². The van der Waals surface area contributed by atoms with Crippen molar-refractivity contribution in [3.05, 3.63) is 63.4 Å². The average molecular weight is 306 g/mol. The third kappa shape index (κ3) is 2.77. The molecule has 94 valence electrons. The molecule has 0 aliphatic carbocycles. The zero-order valence-electron chi connectivity index (χ0n) is 10.4. The fourth-order valence-electron chi connectivity index (χ4n) is 2.02. The van der Waals surface area contributed by atoms with E-state index in [0.29, 0.717) is 0 Å². The largest absolute Gasteiger partial charge is 0.271 e. The van der Waals surface area contributed by atoms with E-state index in [1.165, 1.54) is 16.7 Å². The monoisotopic (exact) mass is 305 g/mol. The van der Waals surface area contributed by atoms with Crippen molar-refractivity contribution in [2.45, 2.75) is 19.9 Å². The number of hydrazine groups is 1. The van der Waals surface area contributed by atoms with Gasteiger partial charge in [0.15, 0.2) is 0 Å². The lowest BCUT2D eigenvalue weighted by Gasteiger charge is -2.19. The van der Waals surface area contributed by atoms with Crippen molar-refractivity contribution in [3.63, 3.8) is 0 Å². The highest BCUT2D eigenvalue weighted by Crippen LogP contribution is 2.26. The molecule has 0 bridgehead atoms. The zero-order chi connectivity index (χ0) is 13.1. The number of hydrogen-bond donors (Lipinski definition) is 2. The van der Waals surface area contributed by atoms with Crippen molar-refractivity contribution in [2.75, 3.05) is 0 Å². The van der Waals surface area contributed by atoms with E-state index in [2.05, 4.69) is 58.4 Å². The van der Waals surface area contributed by atoms with Crippen LogP contribution in [0.1, 0.15) is 28.3 Å². The summed E-state index contributed by atoms with van der Waals surface area (Å²) in [4.78, 5) is 4.19. The van der Waals surface area contributed by atoms with Gasteiger partial charge in [-0.3, -0.25) is 10.8 Å². The molecule has 0 amide bonds. The molecule has 1 unspecified atom stereocenters. The fraction of sp³-hybridized carbons (Fsp3) is 0.214. The van der Waals surface area contributed by atoms with E-state index in [-0.39, 0.29) is 6.04 Å². The third-order valence-corrected chi connectivity index (χ3v) is 3.41. The standard InChI is InChI=1S/C14H16BrN3/c1-9-3-4-10(2)13(5-9)14(18-16)11-6-12(15)8-17-7-11/h3-8,14,18H,16H2,1-2H3. The summed E-state index contributed by atoms with van der Waals surface area (Å²) in [6.45, 7) is 4.17. The molecule has 0 spiro atoms. The van der Waals surface area contributed by atoms with Gasteiger partial charge < -0.3 is 0 Å². The first kappa shape index (κ1) is 13.2. The molecule has 3 nitrogen and oxygen atoms in total. The number of aromatic nitrogens is 1. The van der Waals surface area contributed by atoms with E-state index < -0.39 is 0 Å². The molecular formula is C14H16BrN3. The Labute approximate surface area is 116 Å². The van der Waals surface area contributed by atoms with Gasteiger partial charge in [0.2, 0.25) is 0 Å². The number of hydrogen-bond acceptors (Lipinski definition) is 3. The van der Waals surface area contributed by atoms with E-state index in [4.69, 9.17) is 5.84 Å². The van der Waals surface area contributed by atoms with Gasteiger partial charge in [-0.2, -0.15) is 0 Å². The van der Waals surface area contributed by atoms with Crippen LogP contribution in [0.15, 0.2) is 41.1 Å². The van der Waals surface area contributed by atoms with Crippen LogP contribution in [-0.4, -0.2) is 4.98 Å². The summed E-state index contributed by atoms with van der Waals surface area (Å²) in [7, 11) is 0. The van der Waals surface area contributed by atoms with Crippen LogP contribution < -0.4 is 11.3 Å². The Morgan fingerprint density at radius 1 is 1.22 bits per heavy atom. The Hall–Kier alpha value is -1.23. The smallest absolute Gasteiger partial charge is 0.0728 e. The number of halogens is 1. The van der Waals surface area contributed by atoms with Gasteiger partial charge in [0.25, 0.3) is 0 Å². The summed E-state index contributed by atoms with van der Waals surface area (Å²) < 4.78 is 0.950. The Morgan fingerprint density at radius 3 is 2.67 bits per heavy atom. The zero-order valence-corrected chi connectivity index (χ0v) is 12.0. The maximum atomic E-state index is 5.71. The van der Waals surface area contributed by atoms with Gasteiger partial charge in [-0.25, -0.2) is 5.43 Å². The molecule has 0 fully saturated rings. The van der Waals surface area contributed by atoms with Gasteiger partial charge in [-0.05, 0) is 52.5 Å². The summed E-state index contributed by atoms with van der Waals surface area (Å²) in [5.41, 5.74) is 7.52. The molecule has 3 N–H and O–H groups in total. The maximum Gasteiger partial charge on any atom is 0.0728 e.